The molecule has 1 aromatic carbocycles. The number of amides is 1. The van der Waals surface area contributed by atoms with E-state index in [1.807, 2.05) is 4.90 Å². The third kappa shape index (κ3) is 3.47. The van der Waals surface area contributed by atoms with Crippen molar-refractivity contribution in [1.82, 2.24) is 4.98 Å². The molecule has 0 radical (unpaired) electrons. The molecule has 1 amide bonds. The number of halogens is 2. The van der Waals surface area contributed by atoms with E-state index in [1.54, 1.807) is 19.1 Å². The fourth-order valence-electron chi connectivity index (χ4n) is 2.74. The van der Waals surface area contributed by atoms with Crippen LogP contribution in [0.1, 0.15) is 35.5 Å². The Morgan fingerprint density at radius 1 is 1.35 bits per heavy atom. The summed E-state index contributed by atoms with van der Waals surface area (Å²) < 4.78 is 19.3. The fraction of sp³-hybridized carbons (Fsp3) is 0.375. The van der Waals surface area contributed by atoms with Crippen molar-refractivity contribution in [2.75, 3.05) is 23.3 Å². The highest BCUT2D eigenvalue weighted by molar-refractivity contribution is 6.28. The number of benzene rings is 1. The summed E-state index contributed by atoms with van der Waals surface area (Å²) in [6.45, 7) is 3.31. The number of anilines is 2. The van der Waals surface area contributed by atoms with Gasteiger partial charge in [-0.25, -0.2) is 4.39 Å². The van der Waals surface area contributed by atoms with E-state index in [0.717, 1.165) is 25.9 Å². The predicted molar refractivity (Wildman–Crippen MR) is 86.7 cm³/mol. The molecule has 2 heterocycles. The van der Waals surface area contributed by atoms with Crippen LogP contribution >= 0.6 is 11.6 Å². The third-order valence-electron chi connectivity index (χ3n) is 3.89. The standard InChI is InChI=1S/C16H17ClFN3O2/c1-10-14(20-16(17)23-10)15(22)19-11-5-6-13(12(18)9-11)21-7-3-2-4-8-21/h5-6,9H,2-4,7-8H2,1H3,(H,19,22). The first-order chi connectivity index (χ1) is 11.0. The topological polar surface area (TPSA) is 58.4 Å². The van der Waals surface area contributed by atoms with Crippen molar-refractivity contribution in [3.05, 3.63) is 40.8 Å². The van der Waals surface area contributed by atoms with E-state index in [4.69, 9.17) is 16.0 Å². The largest absolute Gasteiger partial charge is 0.432 e. The molecule has 5 nitrogen and oxygen atoms in total. The molecule has 3 rings (SSSR count). The second-order valence-corrected chi connectivity index (χ2v) is 5.86. The number of piperidine rings is 1. The molecule has 23 heavy (non-hydrogen) atoms. The summed E-state index contributed by atoms with van der Waals surface area (Å²) in [5, 5.41) is 2.51. The normalized spacial score (nSPS) is 14.8. The maximum absolute atomic E-state index is 14.3. The predicted octanol–water partition coefficient (Wildman–Crippen LogP) is 4.02. The van der Waals surface area contributed by atoms with Gasteiger partial charge in [-0.2, -0.15) is 4.98 Å². The highest BCUT2D eigenvalue weighted by atomic mass is 35.5. The van der Waals surface area contributed by atoms with E-state index in [0.29, 0.717) is 17.1 Å². The van der Waals surface area contributed by atoms with Crippen molar-refractivity contribution >= 4 is 28.9 Å². The molecular weight excluding hydrogens is 321 g/mol. The minimum atomic E-state index is -0.483. The molecular formula is C16H17ClFN3O2. The second-order valence-electron chi connectivity index (χ2n) is 5.54. The first-order valence-corrected chi connectivity index (χ1v) is 7.91. The minimum Gasteiger partial charge on any atom is -0.432 e. The molecule has 1 saturated heterocycles. The van der Waals surface area contributed by atoms with E-state index in [9.17, 15) is 9.18 Å². The summed E-state index contributed by atoms with van der Waals surface area (Å²) in [6.07, 6.45) is 3.33. The van der Waals surface area contributed by atoms with Crippen LogP contribution in [0.2, 0.25) is 5.35 Å². The Bertz CT molecular complexity index is 726. The molecule has 0 atom stereocenters. The fourth-order valence-corrected chi connectivity index (χ4v) is 2.94. The number of carbonyl (C=O) groups excluding carboxylic acids is 1. The molecule has 1 aromatic heterocycles. The van der Waals surface area contributed by atoms with E-state index in [2.05, 4.69) is 10.3 Å². The van der Waals surface area contributed by atoms with Gasteiger partial charge in [0, 0.05) is 18.8 Å². The van der Waals surface area contributed by atoms with Crippen LogP contribution < -0.4 is 10.2 Å². The molecule has 7 heteroatoms. The van der Waals surface area contributed by atoms with Crippen LogP contribution in [-0.2, 0) is 0 Å². The second kappa shape index (κ2) is 6.58. The number of aromatic nitrogens is 1. The van der Waals surface area contributed by atoms with Gasteiger partial charge in [-0.1, -0.05) is 0 Å². The third-order valence-corrected chi connectivity index (χ3v) is 4.05. The first-order valence-electron chi connectivity index (χ1n) is 7.53. The average Bonchev–Trinajstić information content (AvgIpc) is 2.87. The number of aryl methyl sites for hydroxylation is 1. The van der Waals surface area contributed by atoms with Gasteiger partial charge in [-0.3, -0.25) is 4.79 Å². The number of carbonyl (C=O) groups is 1. The summed E-state index contributed by atoms with van der Waals surface area (Å²) in [5.41, 5.74) is 1.03. The Kier molecular flexibility index (Phi) is 4.52. The van der Waals surface area contributed by atoms with Crippen molar-refractivity contribution in [3.63, 3.8) is 0 Å². The molecule has 0 aliphatic carbocycles. The van der Waals surface area contributed by atoms with Gasteiger partial charge in [0.25, 0.3) is 11.3 Å². The Hall–Kier alpha value is -2.08. The Balaban J connectivity index is 1.75. The van der Waals surface area contributed by atoms with Crippen molar-refractivity contribution in [2.45, 2.75) is 26.2 Å². The lowest BCUT2D eigenvalue weighted by molar-refractivity contribution is 0.102. The molecule has 0 unspecified atom stereocenters. The molecule has 1 fully saturated rings. The lowest BCUT2D eigenvalue weighted by Gasteiger charge is -2.29. The highest BCUT2D eigenvalue weighted by Gasteiger charge is 2.18. The van der Waals surface area contributed by atoms with Gasteiger partial charge in [-0.05, 0) is 56.0 Å². The maximum Gasteiger partial charge on any atom is 0.293 e. The Morgan fingerprint density at radius 3 is 2.70 bits per heavy atom. The lowest BCUT2D eigenvalue weighted by Crippen LogP contribution is -2.30. The molecule has 2 aromatic rings. The molecule has 0 spiro atoms. The zero-order chi connectivity index (χ0) is 16.4. The van der Waals surface area contributed by atoms with Crippen LogP contribution in [0.5, 0.6) is 0 Å². The van der Waals surface area contributed by atoms with Crippen LogP contribution in [0.3, 0.4) is 0 Å². The first kappa shape index (κ1) is 15.8. The van der Waals surface area contributed by atoms with E-state index in [-0.39, 0.29) is 16.9 Å². The van der Waals surface area contributed by atoms with Gasteiger partial charge < -0.3 is 14.6 Å². The van der Waals surface area contributed by atoms with Crippen molar-refractivity contribution in [2.24, 2.45) is 0 Å². The average molecular weight is 338 g/mol. The van der Waals surface area contributed by atoms with Gasteiger partial charge >= 0.3 is 0 Å². The maximum atomic E-state index is 14.3. The number of hydrogen-bond acceptors (Lipinski definition) is 4. The number of hydrogen-bond donors (Lipinski definition) is 1. The van der Waals surface area contributed by atoms with Crippen molar-refractivity contribution in [3.8, 4) is 0 Å². The van der Waals surface area contributed by atoms with Gasteiger partial charge in [0.15, 0.2) is 5.69 Å². The van der Waals surface area contributed by atoms with Gasteiger partial charge in [-0.15, -0.1) is 0 Å². The lowest BCUT2D eigenvalue weighted by atomic mass is 10.1. The summed E-state index contributed by atoms with van der Waals surface area (Å²) >= 11 is 5.62. The summed E-state index contributed by atoms with van der Waals surface area (Å²) in [6, 6.07) is 4.69. The molecule has 0 saturated carbocycles. The Labute approximate surface area is 138 Å². The van der Waals surface area contributed by atoms with E-state index >= 15 is 0 Å². The van der Waals surface area contributed by atoms with Crippen LogP contribution in [0.25, 0.3) is 0 Å². The molecule has 122 valence electrons. The van der Waals surface area contributed by atoms with Crippen LogP contribution in [0.4, 0.5) is 15.8 Å². The van der Waals surface area contributed by atoms with E-state index in [1.165, 1.54) is 12.5 Å². The SMILES string of the molecule is Cc1oc(Cl)nc1C(=O)Nc1ccc(N2CCCCC2)c(F)c1. The zero-order valence-electron chi connectivity index (χ0n) is 12.7. The molecule has 1 N–H and O–H groups in total. The van der Waals surface area contributed by atoms with Crippen molar-refractivity contribution < 1.29 is 13.6 Å². The van der Waals surface area contributed by atoms with Crippen LogP contribution in [0.15, 0.2) is 22.6 Å². The van der Waals surface area contributed by atoms with E-state index < -0.39 is 5.91 Å². The Morgan fingerprint density at radius 2 is 2.09 bits per heavy atom. The molecule has 1 aliphatic rings. The van der Waals surface area contributed by atoms with Gasteiger partial charge in [0.05, 0.1) is 5.69 Å². The monoisotopic (exact) mass is 337 g/mol. The molecule has 0 bridgehead atoms. The summed E-state index contributed by atoms with van der Waals surface area (Å²) in [5.74, 6) is -0.513. The van der Waals surface area contributed by atoms with Gasteiger partial charge in [0.2, 0.25) is 0 Å². The zero-order valence-corrected chi connectivity index (χ0v) is 13.5. The quantitative estimate of drug-likeness (QED) is 0.919. The highest BCUT2D eigenvalue weighted by Crippen LogP contribution is 2.26. The summed E-state index contributed by atoms with van der Waals surface area (Å²) in [4.78, 5) is 18.0. The van der Waals surface area contributed by atoms with Crippen LogP contribution in [0, 0.1) is 12.7 Å². The number of rotatable bonds is 3. The van der Waals surface area contributed by atoms with Gasteiger partial charge in [0.1, 0.15) is 11.6 Å². The smallest absolute Gasteiger partial charge is 0.293 e. The number of nitrogens with one attached hydrogen (secondary N) is 1. The van der Waals surface area contributed by atoms with Crippen LogP contribution in [-0.4, -0.2) is 24.0 Å². The number of oxazole rings is 1. The minimum absolute atomic E-state index is 0.0931. The van der Waals surface area contributed by atoms with Crippen molar-refractivity contribution in [1.29, 1.82) is 0 Å². The summed E-state index contributed by atoms with van der Waals surface area (Å²) in [7, 11) is 0. The number of nitrogens with zero attached hydrogens (tertiary/aromatic N) is 2. The molecule has 1 aliphatic heterocycles.